The second kappa shape index (κ2) is 11.4. The number of aromatic nitrogens is 1. The van der Waals surface area contributed by atoms with E-state index < -0.39 is 0 Å². The Morgan fingerprint density at radius 2 is 1.67 bits per heavy atom. The zero-order valence-corrected chi connectivity index (χ0v) is 19.4. The maximum Gasteiger partial charge on any atom is 0.142 e. The third-order valence-electron chi connectivity index (χ3n) is 5.37. The lowest BCUT2D eigenvalue weighted by atomic mass is 9.90. The normalized spacial score (nSPS) is 18.4. The lowest BCUT2D eigenvalue weighted by Crippen LogP contribution is -2.36. The SMILES string of the molecule is Cl.Cl.Fc1cc(CNC2CCC(Nc3ccnc4cc(Cl)ccc34)CC2)ccc1Cl. The molecule has 2 N–H and O–H groups in total. The van der Waals surface area contributed by atoms with Crippen molar-refractivity contribution in [1.82, 2.24) is 10.3 Å². The summed E-state index contributed by atoms with van der Waals surface area (Å²) >= 11 is 11.8. The van der Waals surface area contributed by atoms with E-state index in [0.717, 1.165) is 47.8 Å². The molecule has 3 aromatic rings. The highest BCUT2D eigenvalue weighted by Crippen LogP contribution is 2.28. The minimum Gasteiger partial charge on any atom is -0.382 e. The number of nitrogens with one attached hydrogen (secondary N) is 2. The van der Waals surface area contributed by atoms with Gasteiger partial charge in [-0.3, -0.25) is 4.98 Å². The molecular formula is C22H24Cl4FN3. The van der Waals surface area contributed by atoms with E-state index in [9.17, 15) is 4.39 Å². The Labute approximate surface area is 198 Å². The molecule has 0 radical (unpaired) electrons. The molecule has 0 bridgehead atoms. The summed E-state index contributed by atoms with van der Waals surface area (Å²) in [6.45, 7) is 0.659. The van der Waals surface area contributed by atoms with Crippen LogP contribution in [-0.4, -0.2) is 17.1 Å². The molecule has 1 aliphatic rings. The molecule has 0 atom stereocenters. The van der Waals surface area contributed by atoms with Crippen molar-refractivity contribution in [2.24, 2.45) is 0 Å². The van der Waals surface area contributed by atoms with Gasteiger partial charge in [0.05, 0.1) is 10.5 Å². The van der Waals surface area contributed by atoms with Crippen molar-refractivity contribution in [3.8, 4) is 0 Å². The van der Waals surface area contributed by atoms with E-state index in [1.54, 1.807) is 6.07 Å². The molecule has 1 saturated carbocycles. The molecule has 4 rings (SSSR count). The van der Waals surface area contributed by atoms with Crippen LogP contribution in [0.1, 0.15) is 31.2 Å². The molecule has 0 amide bonds. The molecule has 8 heteroatoms. The van der Waals surface area contributed by atoms with Crippen molar-refractivity contribution < 1.29 is 4.39 Å². The van der Waals surface area contributed by atoms with Crippen LogP contribution in [0.2, 0.25) is 10.0 Å². The van der Waals surface area contributed by atoms with Crippen molar-refractivity contribution in [3.05, 3.63) is 70.1 Å². The fraction of sp³-hybridized carbons (Fsp3) is 0.318. The average molecular weight is 491 g/mol. The molecule has 1 aromatic heterocycles. The van der Waals surface area contributed by atoms with E-state index in [2.05, 4.69) is 15.6 Å². The maximum atomic E-state index is 13.6. The van der Waals surface area contributed by atoms with Gasteiger partial charge >= 0.3 is 0 Å². The van der Waals surface area contributed by atoms with Crippen LogP contribution in [0.4, 0.5) is 10.1 Å². The van der Waals surface area contributed by atoms with Gasteiger partial charge < -0.3 is 10.6 Å². The largest absolute Gasteiger partial charge is 0.382 e. The Kier molecular flexibility index (Phi) is 9.45. The molecule has 0 spiro atoms. The van der Waals surface area contributed by atoms with Gasteiger partial charge in [0.25, 0.3) is 0 Å². The Balaban J connectivity index is 0.00000160. The van der Waals surface area contributed by atoms with Gasteiger partial charge in [-0.15, -0.1) is 24.8 Å². The summed E-state index contributed by atoms with van der Waals surface area (Å²) in [5.74, 6) is -0.361. The summed E-state index contributed by atoms with van der Waals surface area (Å²) in [5, 5.41) is 9.18. The molecule has 3 nitrogen and oxygen atoms in total. The molecule has 0 unspecified atom stereocenters. The molecule has 0 aliphatic heterocycles. The first kappa shape index (κ1) is 25.0. The number of fused-ring (bicyclic) bond motifs is 1. The van der Waals surface area contributed by atoms with E-state index in [4.69, 9.17) is 23.2 Å². The highest BCUT2D eigenvalue weighted by Gasteiger charge is 2.21. The van der Waals surface area contributed by atoms with E-state index in [1.807, 2.05) is 36.5 Å². The van der Waals surface area contributed by atoms with Crippen LogP contribution in [0.5, 0.6) is 0 Å². The zero-order chi connectivity index (χ0) is 19.5. The van der Waals surface area contributed by atoms with Crippen LogP contribution in [0.3, 0.4) is 0 Å². The summed E-state index contributed by atoms with van der Waals surface area (Å²) in [6, 6.07) is 13.7. The first-order valence-electron chi connectivity index (χ1n) is 9.56. The van der Waals surface area contributed by atoms with E-state index in [0.29, 0.717) is 23.7 Å². The predicted molar refractivity (Wildman–Crippen MR) is 129 cm³/mol. The monoisotopic (exact) mass is 489 g/mol. The number of nitrogens with zero attached hydrogens (tertiary/aromatic N) is 1. The number of halogens is 5. The Morgan fingerprint density at radius 3 is 2.40 bits per heavy atom. The quantitative estimate of drug-likeness (QED) is 0.402. The molecule has 30 heavy (non-hydrogen) atoms. The highest BCUT2D eigenvalue weighted by molar-refractivity contribution is 6.31. The standard InChI is InChI=1S/C22H22Cl2FN3.2ClH/c23-15-2-7-18-21(9-10-26-22(18)12-15)28-17-5-3-16(4-6-17)27-13-14-1-8-19(24)20(25)11-14;;/h1-2,7-12,16-17,27H,3-6,13H2,(H,26,28);2*1H. The number of benzene rings is 2. The van der Waals surface area contributed by atoms with Crippen LogP contribution in [0.25, 0.3) is 10.9 Å². The maximum absolute atomic E-state index is 13.6. The van der Waals surface area contributed by atoms with Crippen molar-refractivity contribution in [2.75, 3.05) is 5.32 Å². The van der Waals surface area contributed by atoms with Crippen LogP contribution in [0.15, 0.2) is 48.7 Å². The van der Waals surface area contributed by atoms with Crippen molar-refractivity contribution in [1.29, 1.82) is 0 Å². The fourth-order valence-corrected chi connectivity index (χ4v) is 4.10. The first-order chi connectivity index (χ1) is 13.6. The zero-order valence-electron chi connectivity index (χ0n) is 16.2. The topological polar surface area (TPSA) is 37.0 Å². The number of pyridine rings is 1. The predicted octanol–water partition coefficient (Wildman–Crippen LogP) is 7.04. The molecule has 1 fully saturated rings. The van der Waals surface area contributed by atoms with Gasteiger partial charge in [-0.25, -0.2) is 4.39 Å². The van der Waals surface area contributed by atoms with Gasteiger partial charge in [0, 0.05) is 40.9 Å². The summed E-state index contributed by atoms with van der Waals surface area (Å²) in [7, 11) is 0. The van der Waals surface area contributed by atoms with Gasteiger partial charge in [-0.2, -0.15) is 0 Å². The molecule has 1 aliphatic carbocycles. The summed E-state index contributed by atoms with van der Waals surface area (Å²) in [6.07, 6.45) is 6.17. The Bertz CT molecular complexity index is 978. The van der Waals surface area contributed by atoms with Crippen LogP contribution in [-0.2, 0) is 6.54 Å². The first-order valence-corrected chi connectivity index (χ1v) is 10.3. The summed E-state index contributed by atoms with van der Waals surface area (Å²) in [5.41, 5.74) is 2.93. The lowest BCUT2D eigenvalue weighted by Gasteiger charge is -2.30. The summed E-state index contributed by atoms with van der Waals surface area (Å²) < 4.78 is 13.6. The van der Waals surface area contributed by atoms with Crippen molar-refractivity contribution >= 4 is 64.6 Å². The average Bonchev–Trinajstić information content (AvgIpc) is 2.70. The van der Waals surface area contributed by atoms with Crippen molar-refractivity contribution in [3.63, 3.8) is 0 Å². The Morgan fingerprint density at radius 1 is 0.933 bits per heavy atom. The van der Waals surface area contributed by atoms with Gasteiger partial charge in [0.1, 0.15) is 5.82 Å². The van der Waals surface area contributed by atoms with E-state index in [1.165, 1.54) is 6.07 Å². The second-order valence-corrected chi connectivity index (χ2v) is 8.19. The molecule has 1 heterocycles. The highest BCUT2D eigenvalue weighted by atomic mass is 35.5. The molecule has 2 aromatic carbocycles. The molecule has 0 saturated heterocycles. The number of anilines is 1. The minimum atomic E-state index is -0.361. The van der Waals surface area contributed by atoms with Gasteiger partial charge in [0.2, 0.25) is 0 Å². The minimum absolute atomic E-state index is 0. The fourth-order valence-electron chi connectivity index (χ4n) is 3.82. The third kappa shape index (κ3) is 6.12. The van der Waals surface area contributed by atoms with Gasteiger partial charge in [-0.05, 0) is 67.6 Å². The van der Waals surface area contributed by atoms with E-state index >= 15 is 0 Å². The number of hydrogen-bond donors (Lipinski definition) is 2. The lowest BCUT2D eigenvalue weighted by molar-refractivity contribution is 0.353. The Hall–Kier alpha value is -1.30. The molecular weight excluding hydrogens is 467 g/mol. The molecule has 162 valence electrons. The number of rotatable bonds is 5. The van der Waals surface area contributed by atoms with Crippen molar-refractivity contribution in [2.45, 2.75) is 44.3 Å². The smallest absolute Gasteiger partial charge is 0.142 e. The van der Waals surface area contributed by atoms with Crippen LogP contribution < -0.4 is 10.6 Å². The van der Waals surface area contributed by atoms with Crippen LogP contribution in [0, 0.1) is 5.82 Å². The van der Waals surface area contributed by atoms with Gasteiger partial charge in [-0.1, -0.05) is 29.3 Å². The van der Waals surface area contributed by atoms with E-state index in [-0.39, 0.29) is 35.7 Å². The van der Waals surface area contributed by atoms with Gasteiger partial charge in [0.15, 0.2) is 0 Å². The van der Waals surface area contributed by atoms with Crippen LogP contribution >= 0.6 is 48.0 Å². The summed E-state index contributed by atoms with van der Waals surface area (Å²) in [4.78, 5) is 4.40. The third-order valence-corrected chi connectivity index (χ3v) is 5.91. The second-order valence-electron chi connectivity index (χ2n) is 7.34. The number of hydrogen-bond acceptors (Lipinski definition) is 3.